The number of hydrogen-bond acceptors (Lipinski definition) is 2. The van der Waals surface area contributed by atoms with E-state index in [9.17, 15) is 14.0 Å². The summed E-state index contributed by atoms with van der Waals surface area (Å²) in [7, 11) is 0. The first-order valence-electron chi connectivity index (χ1n) is 4.57. The van der Waals surface area contributed by atoms with Gasteiger partial charge in [-0.15, -0.1) is 0 Å². The number of carboxylic acid groups (broad SMARTS) is 2. The van der Waals surface area contributed by atoms with Crippen LogP contribution in [-0.4, -0.2) is 22.2 Å². The maximum absolute atomic E-state index is 12.7. The van der Waals surface area contributed by atoms with E-state index in [1.807, 2.05) is 0 Å². The summed E-state index contributed by atoms with van der Waals surface area (Å²) in [6.07, 6.45) is -0.548. The molecule has 0 saturated heterocycles. The molecule has 0 aliphatic heterocycles. The van der Waals surface area contributed by atoms with Crippen molar-refractivity contribution in [1.29, 1.82) is 0 Å². The zero-order valence-corrected chi connectivity index (χ0v) is 8.61. The standard InChI is InChI=1S/C11H11FO4/c1-11(10(15)16,6-9(13)14)7-2-4-8(12)5-3-7/h2-5H,6H2,1H3,(H,13,14)(H,15,16). The van der Waals surface area contributed by atoms with Gasteiger partial charge < -0.3 is 10.2 Å². The highest BCUT2D eigenvalue weighted by Crippen LogP contribution is 2.28. The smallest absolute Gasteiger partial charge is 0.314 e. The molecule has 0 aliphatic carbocycles. The SMILES string of the molecule is CC(CC(=O)O)(C(=O)O)c1ccc(F)cc1. The van der Waals surface area contributed by atoms with Crippen LogP contribution in [-0.2, 0) is 15.0 Å². The molecule has 5 heteroatoms. The molecule has 16 heavy (non-hydrogen) atoms. The van der Waals surface area contributed by atoms with Crippen LogP contribution in [0.15, 0.2) is 24.3 Å². The van der Waals surface area contributed by atoms with Gasteiger partial charge in [-0.3, -0.25) is 9.59 Å². The monoisotopic (exact) mass is 226 g/mol. The van der Waals surface area contributed by atoms with Crippen molar-refractivity contribution in [2.24, 2.45) is 0 Å². The van der Waals surface area contributed by atoms with Crippen LogP contribution >= 0.6 is 0 Å². The van der Waals surface area contributed by atoms with Crippen molar-refractivity contribution in [3.63, 3.8) is 0 Å². The summed E-state index contributed by atoms with van der Waals surface area (Å²) in [4.78, 5) is 21.7. The van der Waals surface area contributed by atoms with E-state index in [-0.39, 0.29) is 5.56 Å². The van der Waals surface area contributed by atoms with Gasteiger partial charge in [0.15, 0.2) is 0 Å². The van der Waals surface area contributed by atoms with Gasteiger partial charge in [0, 0.05) is 0 Å². The zero-order chi connectivity index (χ0) is 12.3. The van der Waals surface area contributed by atoms with Gasteiger partial charge in [-0.25, -0.2) is 4.39 Å². The summed E-state index contributed by atoms with van der Waals surface area (Å²) >= 11 is 0. The van der Waals surface area contributed by atoms with Crippen molar-refractivity contribution in [3.05, 3.63) is 35.6 Å². The lowest BCUT2D eigenvalue weighted by molar-refractivity contribution is -0.149. The number of benzene rings is 1. The fourth-order valence-corrected chi connectivity index (χ4v) is 1.42. The summed E-state index contributed by atoms with van der Waals surface area (Å²) < 4.78 is 12.7. The predicted octanol–water partition coefficient (Wildman–Crippen LogP) is 1.64. The Morgan fingerprint density at radius 3 is 2.12 bits per heavy atom. The average molecular weight is 226 g/mol. The molecule has 1 aromatic rings. The summed E-state index contributed by atoms with van der Waals surface area (Å²) in [5.74, 6) is -2.96. The van der Waals surface area contributed by atoms with Crippen LogP contribution in [0.25, 0.3) is 0 Å². The third-order valence-corrected chi connectivity index (χ3v) is 2.46. The molecule has 0 radical (unpaired) electrons. The Morgan fingerprint density at radius 2 is 1.75 bits per heavy atom. The second-order valence-corrected chi connectivity index (χ2v) is 3.71. The predicted molar refractivity (Wildman–Crippen MR) is 53.6 cm³/mol. The van der Waals surface area contributed by atoms with Gasteiger partial charge in [0.1, 0.15) is 11.2 Å². The van der Waals surface area contributed by atoms with Gasteiger partial charge in [0.2, 0.25) is 0 Å². The zero-order valence-electron chi connectivity index (χ0n) is 8.61. The van der Waals surface area contributed by atoms with Crippen molar-refractivity contribution < 1.29 is 24.2 Å². The van der Waals surface area contributed by atoms with Crippen LogP contribution in [0.4, 0.5) is 4.39 Å². The molecule has 1 aromatic carbocycles. The van der Waals surface area contributed by atoms with Crippen molar-refractivity contribution >= 4 is 11.9 Å². The van der Waals surface area contributed by atoms with Crippen LogP contribution in [0.1, 0.15) is 18.9 Å². The van der Waals surface area contributed by atoms with Crippen molar-refractivity contribution in [3.8, 4) is 0 Å². The Balaban J connectivity index is 3.16. The summed E-state index contributed by atoms with van der Waals surface area (Å²) in [5, 5.41) is 17.7. The van der Waals surface area contributed by atoms with Gasteiger partial charge in [0.25, 0.3) is 0 Å². The maximum Gasteiger partial charge on any atom is 0.314 e. The largest absolute Gasteiger partial charge is 0.481 e. The highest BCUT2D eigenvalue weighted by Gasteiger charge is 2.37. The molecule has 0 saturated carbocycles. The molecule has 0 heterocycles. The van der Waals surface area contributed by atoms with E-state index < -0.39 is 29.6 Å². The lowest BCUT2D eigenvalue weighted by Crippen LogP contribution is -2.34. The molecular formula is C11H11FO4. The van der Waals surface area contributed by atoms with E-state index in [1.165, 1.54) is 19.1 Å². The van der Waals surface area contributed by atoms with Crippen molar-refractivity contribution in [2.75, 3.05) is 0 Å². The molecule has 2 N–H and O–H groups in total. The van der Waals surface area contributed by atoms with E-state index in [1.54, 1.807) is 0 Å². The van der Waals surface area contributed by atoms with Crippen LogP contribution in [0, 0.1) is 5.82 Å². The van der Waals surface area contributed by atoms with E-state index in [0.29, 0.717) is 0 Å². The van der Waals surface area contributed by atoms with E-state index in [0.717, 1.165) is 12.1 Å². The first kappa shape index (κ1) is 12.2. The Morgan fingerprint density at radius 1 is 1.25 bits per heavy atom. The molecular weight excluding hydrogens is 215 g/mol. The quantitative estimate of drug-likeness (QED) is 0.818. The van der Waals surface area contributed by atoms with E-state index >= 15 is 0 Å². The van der Waals surface area contributed by atoms with Gasteiger partial charge in [-0.1, -0.05) is 12.1 Å². The molecule has 4 nitrogen and oxygen atoms in total. The number of aliphatic carboxylic acids is 2. The Hall–Kier alpha value is -1.91. The summed E-state index contributed by atoms with van der Waals surface area (Å²) in [5.41, 5.74) is -1.27. The molecule has 0 bridgehead atoms. The second-order valence-electron chi connectivity index (χ2n) is 3.71. The minimum atomic E-state index is -1.54. The van der Waals surface area contributed by atoms with Gasteiger partial charge in [-0.2, -0.15) is 0 Å². The number of carbonyl (C=O) groups is 2. The molecule has 0 fully saturated rings. The van der Waals surface area contributed by atoms with Gasteiger partial charge in [0.05, 0.1) is 6.42 Å². The highest BCUT2D eigenvalue weighted by molar-refractivity contribution is 5.86. The molecule has 1 rings (SSSR count). The molecule has 0 aliphatic rings. The molecule has 1 unspecified atom stereocenters. The molecule has 0 aromatic heterocycles. The molecule has 0 amide bonds. The Labute approximate surface area is 91.3 Å². The fraction of sp³-hybridized carbons (Fsp3) is 0.273. The second kappa shape index (κ2) is 4.30. The molecule has 0 spiro atoms. The minimum absolute atomic E-state index is 0.267. The van der Waals surface area contributed by atoms with Crippen LogP contribution in [0.5, 0.6) is 0 Å². The molecule has 86 valence electrons. The normalized spacial score (nSPS) is 14.1. The fourth-order valence-electron chi connectivity index (χ4n) is 1.42. The number of rotatable bonds is 4. The summed E-state index contributed by atoms with van der Waals surface area (Å²) in [6, 6.07) is 4.79. The Bertz CT molecular complexity index is 412. The van der Waals surface area contributed by atoms with Gasteiger partial charge >= 0.3 is 11.9 Å². The summed E-state index contributed by atoms with van der Waals surface area (Å²) in [6.45, 7) is 1.30. The first-order chi connectivity index (χ1) is 7.36. The Kier molecular flexibility index (Phi) is 3.27. The lowest BCUT2D eigenvalue weighted by atomic mass is 9.79. The van der Waals surface area contributed by atoms with Crippen LogP contribution in [0.3, 0.4) is 0 Å². The maximum atomic E-state index is 12.7. The highest BCUT2D eigenvalue weighted by atomic mass is 19.1. The lowest BCUT2D eigenvalue weighted by Gasteiger charge is -2.23. The van der Waals surface area contributed by atoms with E-state index in [2.05, 4.69) is 0 Å². The first-order valence-corrected chi connectivity index (χ1v) is 4.57. The van der Waals surface area contributed by atoms with E-state index in [4.69, 9.17) is 10.2 Å². The molecule has 1 atom stereocenters. The average Bonchev–Trinajstić information content (AvgIpc) is 2.17. The minimum Gasteiger partial charge on any atom is -0.481 e. The third kappa shape index (κ3) is 2.36. The topological polar surface area (TPSA) is 74.6 Å². The van der Waals surface area contributed by atoms with Gasteiger partial charge in [-0.05, 0) is 24.6 Å². The van der Waals surface area contributed by atoms with Crippen molar-refractivity contribution in [1.82, 2.24) is 0 Å². The number of carboxylic acids is 2. The number of hydrogen-bond donors (Lipinski definition) is 2. The van der Waals surface area contributed by atoms with Crippen LogP contribution < -0.4 is 0 Å². The van der Waals surface area contributed by atoms with Crippen LogP contribution in [0.2, 0.25) is 0 Å². The van der Waals surface area contributed by atoms with Crippen molar-refractivity contribution in [2.45, 2.75) is 18.8 Å². The number of halogens is 1. The third-order valence-electron chi connectivity index (χ3n) is 2.46.